The molecule has 2 amide bonds. The maximum Gasteiger partial charge on any atom is 0.333 e. The number of nitrogens with zero attached hydrogens (tertiary/aromatic N) is 2. The Balaban J connectivity index is 2.20. The minimum atomic E-state index is -4.20. The van der Waals surface area contributed by atoms with Gasteiger partial charge >= 0.3 is 6.03 Å². The Morgan fingerprint density at radius 3 is 2.06 bits per heavy atom. The summed E-state index contributed by atoms with van der Waals surface area (Å²) in [6, 6.07) is 1.73. The van der Waals surface area contributed by atoms with Gasteiger partial charge in [-0.05, 0) is 42.1 Å². The third kappa shape index (κ3) is 6.59. The van der Waals surface area contributed by atoms with Crippen molar-refractivity contribution in [1.82, 2.24) is 20.0 Å². The fourth-order valence-corrected chi connectivity index (χ4v) is 3.67. The molecule has 31 heavy (non-hydrogen) atoms. The van der Waals surface area contributed by atoms with Crippen molar-refractivity contribution in [3.8, 4) is 0 Å². The number of nitrogens with one attached hydrogen (secondary N) is 4. The molecule has 0 radical (unpaired) electrons. The maximum absolute atomic E-state index is 14.0. The molecule has 4 N–H and O–H groups in total. The van der Waals surface area contributed by atoms with Gasteiger partial charge < -0.3 is 16.0 Å². The summed E-state index contributed by atoms with van der Waals surface area (Å²) in [5.74, 6) is -0.312. The molecule has 2 aromatic rings. The average molecular weight is 453 g/mol. The van der Waals surface area contributed by atoms with Crippen LogP contribution in [-0.2, 0) is 10.0 Å². The molecule has 0 fully saturated rings. The molecule has 0 unspecified atom stereocenters. The minimum absolute atomic E-state index is 0.0866. The highest BCUT2D eigenvalue weighted by Gasteiger charge is 2.22. The van der Waals surface area contributed by atoms with Gasteiger partial charge in [0.2, 0.25) is 5.95 Å². The topological polar surface area (TPSA) is 125 Å². The number of anilines is 2. The van der Waals surface area contributed by atoms with Crippen LogP contribution in [0.5, 0.6) is 0 Å². The van der Waals surface area contributed by atoms with Gasteiger partial charge in [0.25, 0.3) is 10.0 Å². The molecule has 0 aliphatic rings. The number of hydrogen-bond acceptors (Lipinski definition) is 7. The number of carbonyl (C=O) groups is 1. The molecule has 0 saturated carbocycles. The number of amides is 2. The van der Waals surface area contributed by atoms with Crippen LogP contribution in [0.3, 0.4) is 0 Å². The zero-order valence-corrected chi connectivity index (χ0v) is 19.1. The normalized spacial score (nSPS) is 11.6. The van der Waals surface area contributed by atoms with Crippen LogP contribution in [-0.4, -0.2) is 44.6 Å². The number of sulfonamides is 1. The Labute approximate surface area is 182 Å². The predicted molar refractivity (Wildman–Crippen MR) is 118 cm³/mol. The average Bonchev–Trinajstić information content (AvgIpc) is 2.68. The van der Waals surface area contributed by atoms with Gasteiger partial charge in [0.05, 0.1) is 12.4 Å². The molecule has 2 rings (SSSR count). The second-order valence-electron chi connectivity index (χ2n) is 7.60. The predicted octanol–water partition coefficient (Wildman–Crippen LogP) is 3.00. The van der Waals surface area contributed by atoms with Gasteiger partial charge in [-0.1, -0.05) is 27.7 Å². The number of carbonyl (C=O) groups excluding carboxylic acids is 1. The van der Waals surface area contributed by atoms with Gasteiger partial charge in [0.1, 0.15) is 10.7 Å². The summed E-state index contributed by atoms with van der Waals surface area (Å²) in [7, 11) is -2.40. The Bertz CT molecular complexity index is 981. The van der Waals surface area contributed by atoms with Gasteiger partial charge in [-0.3, -0.25) is 0 Å². The molecule has 1 aromatic heterocycles. The quantitative estimate of drug-likeness (QED) is 0.431. The van der Waals surface area contributed by atoms with Gasteiger partial charge in [-0.25, -0.2) is 32.3 Å². The molecule has 0 bridgehead atoms. The van der Waals surface area contributed by atoms with E-state index in [0.29, 0.717) is 29.9 Å². The molecule has 0 aliphatic carbocycles. The van der Waals surface area contributed by atoms with Crippen LogP contribution >= 0.6 is 0 Å². The van der Waals surface area contributed by atoms with Gasteiger partial charge in [-0.15, -0.1) is 0 Å². The monoisotopic (exact) mass is 452 g/mol. The maximum atomic E-state index is 14.0. The molecule has 0 spiro atoms. The lowest BCUT2D eigenvalue weighted by molar-refractivity contribution is 0.256. The smallest absolute Gasteiger partial charge is 0.333 e. The second-order valence-corrected chi connectivity index (χ2v) is 9.28. The molecule has 170 valence electrons. The highest BCUT2D eigenvalue weighted by atomic mass is 32.2. The van der Waals surface area contributed by atoms with Gasteiger partial charge in [0.15, 0.2) is 0 Å². The highest BCUT2D eigenvalue weighted by molar-refractivity contribution is 7.90. The van der Waals surface area contributed by atoms with E-state index in [-0.39, 0.29) is 22.7 Å². The summed E-state index contributed by atoms with van der Waals surface area (Å²) >= 11 is 0. The SMILES string of the molecule is CNCCNc1ncc(S(=O)(=O)NC(=O)Nc2c(C(C)C)cc(F)cc2C(C)C)cn1. The van der Waals surface area contributed by atoms with Crippen LogP contribution in [0.2, 0.25) is 0 Å². The summed E-state index contributed by atoms with van der Waals surface area (Å²) in [4.78, 5) is 20.2. The van der Waals surface area contributed by atoms with Crippen molar-refractivity contribution in [3.63, 3.8) is 0 Å². The molecule has 1 heterocycles. The number of rotatable bonds is 9. The Kier molecular flexibility index (Phi) is 8.28. The van der Waals surface area contributed by atoms with Crippen LogP contribution in [0, 0.1) is 5.82 Å². The number of hydrogen-bond donors (Lipinski definition) is 4. The van der Waals surface area contributed by atoms with E-state index in [2.05, 4.69) is 25.9 Å². The number of likely N-dealkylation sites (N-methyl/N-ethyl adjacent to an activating group) is 1. The molecule has 0 saturated heterocycles. The van der Waals surface area contributed by atoms with Crippen LogP contribution in [0.25, 0.3) is 0 Å². The largest absolute Gasteiger partial charge is 0.353 e. The number of aromatic nitrogens is 2. The highest BCUT2D eigenvalue weighted by Crippen LogP contribution is 2.33. The molecular weight excluding hydrogens is 423 g/mol. The summed E-state index contributed by atoms with van der Waals surface area (Å²) in [5.41, 5.74) is 1.56. The summed E-state index contributed by atoms with van der Waals surface area (Å²) in [6.45, 7) is 8.71. The summed E-state index contributed by atoms with van der Waals surface area (Å²) in [5, 5.41) is 8.46. The number of benzene rings is 1. The van der Waals surface area contributed by atoms with E-state index in [4.69, 9.17) is 0 Å². The van der Waals surface area contributed by atoms with E-state index >= 15 is 0 Å². The lowest BCUT2D eigenvalue weighted by atomic mass is 9.92. The standard InChI is InChI=1S/C20H29FN6O3S/c1-12(2)16-8-14(21)9-17(13(3)4)18(16)26-20(28)27-31(29,30)15-10-24-19(25-11-15)23-7-6-22-5/h8-13,22H,6-7H2,1-5H3,(H,23,24,25)(H2,26,27,28). The van der Waals surface area contributed by atoms with Crippen molar-refractivity contribution in [2.24, 2.45) is 0 Å². The van der Waals surface area contributed by atoms with Gasteiger partial charge in [0, 0.05) is 18.8 Å². The Hall–Kier alpha value is -2.79. The molecule has 1 aromatic carbocycles. The van der Waals surface area contributed by atoms with Crippen LogP contribution in [0.15, 0.2) is 29.4 Å². The fourth-order valence-electron chi connectivity index (χ4n) is 2.87. The molecule has 11 heteroatoms. The van der Waals surface area contributed by atoms with Crippen molar-refractivity contribution < 1.29 is 17.6 Å². The molecular formula is C20H29FN6O3S. The van der Waals surface area contributed by atoms with E-state index in [9.17, 15) is 17.6 Å². The van der Waals surface area contributed by atoms with E-state index in [1.54, 1.807) is 7.05 Å². The second kappa shape index (κ2) is 10.5. The Morgan fingerprint density at radius 2 is 1.58 bits per heavy atom. The first-order chi connectivity index (χ1) is 14.5. The number of halogens is 1. The van der Waals surface area contributed by atoms with Crippen molar-refractivity contribution in [1.29, 1.82) is 0 Å². The third-order valence-corrected chi connectivity index (χ3v) is 5.76. The van der Waals surface area contributed by atoms with Crippen LogP contribution < -0.4 is 20.7 Å². The van der Waals surface area contributed by atoms with Crippen LogP contribution in [0.1, 0.15) is 50.7 Å². The van der Waals surface area contributed by atoms with Crippen molar-refractivity contribution in [2.75, 3.05) is 30.8 Å². The van der Waals surface area contributed by atoms with E-state index < -0.39 is 21.9 Å². The van der Waals surface area contributed by atoms with Crippen molar-refractivity contribution in [2.45, 2.75) is 44.4 Å². The van der Waals surface area contributed by atoms with Gasteiger partial charge in [-0.2, -0.15) is 0 Å². The zero-order valence-electron chi connectivity index (χ0n) is 18.3. The fraction of sp³-hybridized carbons (Fsp3) is 0.450. The summed E-state index contributed by atoms with van der Waals surface area (Å²) in [6.07, 6.45) is 2.22. The first-order valence-corrected chi connectivity index (χ1v) is 11.4. The molecule has 9 nitrogen and oxygen atoms in total. The van der Waals surface area contributed by atoms with E-state index in [1.165, 1.54) is 12.1 Å². The lowest BCUT2D eigenvalue weighted by Crippen LogP contribution is -2.35. The third-order valence-electron chi connectivity index (χ3n) is 4.47. The number of urea groups is 1. The molecule has 0 atom stereocenters. The molecule has 0 aliphatic heterocycles. The lowest BCUT2D eigenvalue weighted by Gasteiger charge is -2.20. The Morgan fingerprint density at radius 1 is 1.03 bits per heavy atom. The first-order valence-electron chi connectivity index (χ1n) is 9.92. The van der Waals surface area contributed by atoms with Crippen molar-refractivity contribution in [3.05, 3.63) is 41.5 Å². The zero-order chi connectivity index (χ0) is 23.2. The van der Waals surface area contributed by atoms with Crippen LogP contribution in [0.4, 0.5) is 20.8 Å². The first kappa shape index (κ1) is 24.5. The van der Waals surface area contributed by atoms with E-state index in [0.717, 1.165) is 12.4 Å². The summed E-state index contributed by atoms with van der Waals surface area (Å²) < 4.78 is 41.1. The van der Waals surface area contributed by atoms with Crippen molar-refractivity contribution >= 4 is 27.7 Å². The van der Waals surface area contributed by atoms with E-state index in [1.807, 2.05) is 32.4 Å². The minimum Gasteiger partial charge on any atom is -0.353 e.